The molecular formula is C6H11FNO. The van der Waals surface area contributed by atoms with Crippen molar-refractivity contribution < 1.29 is 9.50 Å². The number of hydrogen-bond donors (Lipinski definition) is 0. The van der Waals surface area contributed by atoms with Crippen molar-refractivity contribution in [1.82, 2.24) is 4.90 Å². The number of hydrogen-bond acceptors (Lipinski definition) is 1. The number of halogens is 1. The molecule has 0 aromatic rings. The van der Waals surface area contributed by atoms with Crippen LogP contribution in [0.15, 0.2) is 0 Å². The minimum atomic E-state index is -0.628. The van der Waals surface area contributed by atoms with Crippen LogP contribution in [0.4, 0.5) is 4.39 Å². The van der Waals surface area contributed by atoms with Gasteiger partial charge in [-0.05, 0) is 6.42 Å². The van der Waals surface area contributed by atoms with E-state index >= 15 is 0 Å². The van der Waals surface area contributed by atoms with Crippen LogP contribution in [0.3, 0.4) is 0 Å². The Morgan fingerprint density at radius 2 is 2.22 bits per heavy atom. The average molecular weight is 132 g/mol. The smallest absolute Gasteiger partial charge is 0.125 e. The maximum atomic E-state index is 12.1. The molecule has 1 aliphatic heterocycles. The third-order valence-electron chi connectivity index (χ3n) is 1.53. The molecule has 2 nitrogen and oxygen atoms in total. The molecule has 0 spiro atoms. The van der Waals surface area contributed by atoms with E-state index in [-0.39, 0.29) is 6.61 Å². The normalized spacial score (nSPS) is 22.0. The van der Waals surface area contributed by atoms with Gasteiger partial charge < -0.3 is 0 Å². The van der Waals surface area contributed by atoms with Crippen molar-refractivity contribution in [3.05, 3.63) is 0 Å². The van der Waals surface area contributed by atoms with Crippen LogP contribution in [0.2, 0.25) is 0 Å². The van der Waals surface area contributed by atoms with E-state index in [0.29, 0.717) is 19.5 Å². The molecule has 9 heavy (non-hydrogen) atoms. The van der Waals surface area contributed by atoms with Crippen molar-refractivity contribution in [2.45, 2.75) is 12.6 Å². The van der Waals surface area contributed by atoms with Gasteiger partial charge in [-0.15, -0.1) is 0 Å². The highest BCUT2D eigenvalue weighted by Crippen LogP contribution is 2.10. The summed E-state index contributed by atoms with van der Waals surface area (Å²) in [5.41, 5.74) is 0. The standard InChI is InChI=1S/C6H11FNO/c7-6-4-8(5-6)2-1-3-9/h6H,1-5H2. The zero-order chi connectivity index (χ0) is 6.69. The first-order valence-corrected chi connectivity index (χ1v) is 3.27. The highest BCUT2D eigenvalue weighted by Gasteiger charge is 2.24. The second-order valence-electron chi connectivity index (χ2n) is 2.41. The van der Waals surface area contributed by atoms with Gasteiger partial charge in [-0.25, -0.2) is 9.50 Å². The van der Waals surface area contributed by atoms with Crippen LogP contribution in [0.5, 0.6) is 0 Å². The summed E-state index contributed by atoms with van der Waals surface area (Å²) in [7, 11) is 0. The van der Waals surface area contributed by atoms with Crippen LogP contribution >= 0.6 is 0 Å². The van der Waals surface area contributed by atoms with Gasteiger partial charge in [0.05, 0.1) is 6.61 Å². The van der Waals surface area contributed by atoms with E-state index in [9.17, 15) is 9.50 Å². The molecule has 0 atom stereocenters. The Balaban J connectivity index is 1.91. The second-order valence-corrected chi connectivity index (χ2v) is 2.41. The Hall–Kier alpha value is -0.150. The number of rotatable bonds is 3. The first-order chi connectivity index (χ1) is 4.33. The zero-order valence-electron chi connectivity index (χ0n) is 5.35. The first kappa shape index (κ1) is 6.96. The van der Waals surface area contributed by atoms with Crippen molar-refractivity contribution in [2.24, 2.45) is 0 Å². The molecule has 0 aromatic carbocycles. The molecule has 0 amide bonds. The summed E-state index contributed by atoms with van der Waals surface area (Å²) < 4.78 is 12.1. The monoisotopic (exact) mass is 132 g/mol. The fraction of sp³-hybridized carbons (Fsp3) is 1.00. The van der Waals surface area contributed by atoms with E-state index in [0.717, 1.165) is 6.54 Å². The van der Waals surface area contributed by atoms with Gasteiger partial charge >= 0.3 is 0 Å². The molecule has 1 fully saturated rings. The average Bonchev–Trinajstić information content (AvgIpc) is 1.78. The molecule has 1 heterocycles. The van der Waals surface area contributed by atoms with E-state index in [2.05, 4.69) is 0 Å². The van der Waals surface area contributed by atoms with Gasteiger partial charge in [-0.1, -0.05) is 0 Å². The third kappa shape index (κ3) is 1.91. The van der Waals surface area contributed by atoms with Crippen molar-refractivity contribution in [1.29, 1.82) is 0 Å². The van der Waals surface area contributed by atoms with Crippen molar-refractivity contribution in [2.75, 3.05) is 26.2 Å². The maximum Gasteiger partial charge on any atom is 0.125 e. The second kappa shape index (κ2) is 3.13. The van der Waals surface area contributed by atoms with Crippen molar-refractivity contribution in [3.63, 3.8) is 0 Å². The van der Waals surface area contributed by atoms with Gasteiger partial charge in [0.2, 0.25) is 0 Å². The van der Waals surface area contributed by atoms with Crippen LogP contribution in [0.1, 0.15) is 6.42 Å². The predicted molar refractivity (Wildman–Crippen MR) is 31.5 cm³/mol. The van der Waals surface area contributed by atoms with E-state index in [4.69, 9.17) is 0 Å². The van der Waals surface area contributed by atoms with Gasteiger partial charge in [0.25, 0.3) is 0 Å². The fourth-order valence-electron chi connectivity index (χ4n) is 0.978. The summed E-state index contributed by atoms with van der Waals surface area (Å²) in [4.78, 5) is 1.96. The van der Waals surface area contributed by atoms with Crippen LogP contribution < -0.4 is 0 Å². The van der Waals surface area contributed by atoms with E-state index in [1.54, 1.807) is 0 Å². The molecule has 1 aliphatic rings. The molecule has 0 N–H and O–H groups in total. The number of nitrogens with zero attached hydrogens (tertiary/aromatic N) is 1. The number of alkyl halides is 1. The molecule has 1 radical (unpaired) electrons. The van der Waals surface area contributed by atoms with Gasteiger partial charge in [0.15, 0.2) is 0 Å². The molecule has 0 bridgehead atoms. The quantitative estimate of drug-likeness (QED) is 0.547. The lowest BCUT2D eigenvalue weighted by Gasteiger charge is -2.33. The lowest BCUT2D eigenvalue weighted by Crippen LogP contribution is -2.48. The number of likely N-dealkylation sites (tertiary alicyclic amines) is 1. The predicted octanol–water partition coefficient (Wildman–Crippen LogP) is 0.461. The van der Waals surface area contributed by atoms with Crippen molar-refractivity contribution in [3.8, 4) is 0 Å². The van der Waals surface area contributed by atoms with E-state index in [1.165, 1.54) is 0 Å². The minimum absolute atomic E-state index is 0.0343. The Kier molecular flexibility index (Phi) is 2.42. The molecule has 53 valence electrons. The van der Waals surface area contributed by atoms with Crippen LogP contribution in [-0.4, -0.2) is 37.3 Å². The highest BCUT2D eigenvalue weighted by molar-refractivity contribution is 4.78. The maximum absolute atomic E-state index is 12.1. The molecule has 0 saturated carbocycles. The molecule has 1 saturated heterocycles. The topological polar surface area (TPSA) is 23.1 Å². The summed E-state index contributed by atoms with van der Waals surface area (Å²) in [6, 6.07) is 0. The zero-order valence-corrected chi connectivity index (χ0v) is 5.35. The molecule has 0 unspecified atom stereocenters. The van der Waals surface area contributed by atoms with Gasteiger partial charge in [-0.2, -0.15) is 0 Å². The van der Waals surface area contributed by atoms with Gasteiger partial charge in [-0.3, -0.25) is 4.90 Å². The molecular weight excluding hydrogens is 121 g/mol. The Bertz CT molecular complexity index is 83.1. The molecule has 3 heteroatoms. The Labute approximate surface area is 54.3 Å². The summed E-state index contributed by atoms with van der Waals surface area (Å²) >= 11 is 0. The largest absolute Gasteiger partial charge is 0.297 e. The molecule has 1 rings (SSSR count). The lowest BCUT2D eigenvalue weighted by atomic mass is 10.2. The third-order valence-corrected chi connectivity index (χ3v) is 1.53. The summed E-state index contributed by atoms with van der Waals surface area (Å²) in [5, 5.41) is 9.94. The van der Waals surface area contributed by atoms with Crippen molar-refractivity contribution >= 4 is 0 Å². The van der Waals surface area contributed by atoms with Gasteiger partial charge in [0.1, 0.15) is 6.17 Å². The minimum Gasteiger partial charge on any atom is -0.297 e. The van der Waals surface area contributed by atoms with Crippen LogP contribution in [0, 0.1) is 0 Å². The van der Waals surface area contributed by atoms with Crippen LogP contribution in [-0.2, 0) is 5.11 Å². The SMILES string of the molecule is [O]CCCN1CC(F)C1. The molecule has 0 aliphatic carbocycles. The van der Waals surface area contributed by atoms with Gasteiger partial charge in [0, 0.05) is 19.6 Å². The first-order valence-electron chi connectivity index (χ1n) is 3.27. The molecule has 0 aromatic heterocycles. The Morgan fingerprint density at radius 3 is 2.67 bits per heavy atom. The lowest BCUT2D eigenvalue weighted by molar-refractivity contribution is 0.0555. The Morgan fingerprint density at radius 1 is 1.56 bits per heavy atom. The summed E-state index contributed by atoms with van der Waals surface area (Å²) in [5.74, 6) is 0. The summed E-state index contributed by atoms with van der Waals surface area (Å²) in [6.07, 6.45) is 0.0313. The van der Waals surface area contributed by atoms with E-state index in [1.807, 2.05) is 4.90 Å². The van der Waals surface area contributed by atoms with E-state index < -0.39 is 6.17 Å². The summed E-state index contributed by atoms with van der Waals surface area (Å²) in [6.45, 7) is 1.83. The van der Waals surface area contributed by atoms with Crippen LogP contribution in [0.25, 0.3) is 0 Å². The fourth-order valence-corrected chi connectivity index (χ4v) is 0.978. The highest BCUT2D eigenvalue weighted by atomic mass is 19.1.